The highest BCUT2D eigenvalue weighted by atomic mass is 32.1. The smallest absolute Gasteiger partial charge is 0.219 e. The molecule has 1 atom stereocenters. The monoisotopic (exact) mass is 454 g/mol. The van der Waals surface area contributed by atoms with Crippen molar-refractivity contribution in [3.05, 3.63) is 23.3 Å². The van der Waals surface area contributed by atoms with Crippen molar-refractivity contribution in [3.63, 3.8) is 0 Å². The number of nitrogens with two attached hydrogens (primary N) is 1. The van der Waals surface area contributed by atoms with E-state index in [9.17, 15) is 4.79 Å². The lowest BCUT2D eigenvalue weighted by atomic mass is 10.2. The Kier molecular flexibility index (Phi) is 5.85. The number of anilines is 2. The first-order valence-corrected chi connectivity index (χ1v) is 11.6. The number of amides is 1. The molecule has 2 aliphatic rings. The van der Waals surface area contributed by atoms with E-state index in [4.69, 9.17) is 20.4 Å². The van der Waals surface area contributed by atoms with Crippen LogP contribution in [0.4, 0.5) is 11.8 Å². The van der Waals surface area contributed by atoms with Gasteiger partial charge in [-0.25, -0.2) is 19.9 Å². The van der Waals surface area contributed by atoms with E-state index in [-0.39, 0.29) is 17.9 Å². The second-order valence-corrected chi connectivity index (χ2v) is 9.29. The first kappa shape index (κ1) is 21.0. The van der Waals surface area contributed by atoms with Crippen LogP contribution < -0.4 is 16.0 Å². The summed E-state index contributed by atoms with van der Waals surface area (Å²) in [6.07, 6.45) is 4.29. The van der Waals surface area contributed by atoms with Gasteiger partial charge in [-0.2, -0.15) is 0 Å². The molecular formula is C21H26N8O2S. The predicted octanol–water partition coefficient (Wildman–Crippen LogP) is 1.28. The van der Waals surface area contributed by atoms with Gasteiger partial charge < -0.3 is 20.7 Å². The topological polar surface area (TPSA) is 122 Å². The summed E-state index contributed by atoms with van der Waals surface area (Å²) in [5, 5.41) is 3.03. The first-order chi connectivity index (χ1) is 15.5. The van der Waals surface area contributed by atoms with Crippen molar-refractivity contribution in [1.29, 1.82) is 0 Å². The number of morpholine rings is 1. The lowest BCUT2D eigenvalue weighted by Gasteiger charge is -2.28. The van der Waals surface area contributed by atoms with Gasteiger partial charge in [0, 0.05) is 63.0 Å². The van der Waals surface area contributed by atoms with Crippen LogP contribution >= 0.6 is 11.3 Å². The molecule has 5 rings (SSSR count). The van der Waals surface area contributed by atoms with Crippen molar-refractivity contribution in [2.75, 3.05) is 50.0 Å². The van der Waals surface area contributed by atoms with Crippen molar-refractivity contribution in [3.8, 4) is 11.4 Å². The zero-order chi connectivity index (χ0) is 22.1. The van der Waals surface area contributed by atoms with Crippen molar-refractivity contribution >= 4 is 39.2 Å². The van der Waals surface area contributed by atoms with E-state index in [0.29, 0.717) is 19.0 Å². The van der Waals surface area contributed by atoms with Gasteiger partial charge >= 0.3 is 0 Å². The molecule has 0 saturated carbocycles. The summed E-state index contributed by atoms with van der Waals surface area (Å²) >= 11 is 1.74. The number of nitrogen functional groups attached to an aromatic ring is 1. The second kappa shape index (κ2) is 8.93. The summed E-state index contributed by atoms with van der Waals surface area (Å²) in [5.41, 5.74) is 7.31. The molecule has 1 unspecified atom stereocenters. The summed E-state index contributed by atoms with van der Waals surface area (Å²) in [5.74, 6) is 1.78. The van der Waals surface area contributed by atoms with Gasteiger partial charge in [-0.05, 0) is 12.5 Å². The van der Waals surface area contributed by atoms with Gasteiger partial charge in [0.1, 0.15) is 0 Å². The number of hydrogen-bond acceptors (Lipinski definition) is 10. The van der Waals surface area contributed by atoms with Crippen LogP contribution in [0.1, 0.15) is 18.2 Å². The summed E-state index contributed by atoms with van der Waals surface area (Å²) < 4.78 is 6.62. The Hall–Kier alpha value is -2.89. The Balaban J connectivity index is 1.46. The Morgan fingerprint density at radius 1 is 1.25 bits per heavy atom. The zero-order valence-electron chi connectivity index (χ0n) is 18.0. The lowest BCUT2D eigenvalue weighted by molar-refractivity contribution is -0.119. The number of hydrogen-bond donors (Lipinski definition) is 2. The number of likely N-dealkylation sites (tertiary alicyclic amines) is 1. The molecule has 3 aromatic rings. The predicted molar refractivity (Wildman–Crippen MR) is 123 cm³/mol. The molecule has 2 fully saturated rings. The molecule has 2 saturated heterocycles. The molecule has 11 heteroatoms. The molecular weight excluding hydrogens is 428 g/mol. The summed E-state index contributed by atoms with van der Waals surface area (Å²) in [7, 11) is 0. The van der Waals surface area contributed by atoms with Gasteiger partial charge in [-0.1, -0.05) is 0 Å². The number of aromatic nitrogens is 4. The van der Waals surface area contributed by atoms with Crippen LogP contribution in [0.3, 0.4) is 0 Å². The van der Waals surface area contributed by atoms with Gasteiger partial charge in [0.15, 0.2) is 11.6 Å². The van der Waals surface area contributed by atoms with E-state index < -0.39 is 0 Å². The highest BCUT2D eigenvalue weighted by Crippen LogP contribution is 2.35. The Bertz CT molecular complexity index is 1110. The summed E-state index contributed by atoms with van der Waals surface area (Å²) in [6, 6.07) is 2.38. The molecule has 10 nitrogen and oxygen atoms in total. The van der Waals surface area contributed by atoms with E-state index >= 15 is 0 Å². The van der Waals surface area contributed by atoms with E-state index in [0.717, 1.165) is 60.7 Å². The van der Waals surface area contributed by atoms with E-state index in [1.165, 1.54) is 4.88 Å². The van der Waals surface area contributed by atoms with Crippen LogP contribution in [0.5, 0.6) is 0 Å². The lowest BCUT2D eigenvalue weighted by Crippen LogP contribution is -2.36. The summed E-state index contributed by atoms with van der Waals surface area (Å²) in [6.45, 7) is 7.19. The molecule has 1 amide bonds. The molecule has 0 aromatic carbocycles. The number of thiophene rings is 1. The van der Waals surface area contributed by atoms with Crippen molar-refractivity contribution in [2.24, 2.45) is 0 Å². The van der Waals surface area contributed by atoms with Crippen LogP contribution in [-0.2, 0) is 16.1 Å². The molecule has 32 heavy (non-hydrogen) atoms. The molecule has 0 spiro atoms. The normalized spacial score (nSPS) is 19.5. The molecule has 0 bridgehead atoms. The highest BCUT2D eigenvalue weighted by molar-refractivity contribution is 7.19. The van der Waals surface area contributed by atoms with Gasteiger partial charge in [0.2, 0.25) is 11.9 Å². The SMILES string of the molecule is CC(=O)NC1CCN(Cc2cc3nc(-c4cnc(N)nc4)nc(N4CCOCC4)c3s2)C1. The Morgan fingerprint density at radius 3 is 2.78 bits per heavy atom. The van der Waals surface area contributed by atoms with Crippen molar-refractivity contribution in [1.82, 2.24) is 30.2 Å². The number of nitrogens with zero attached hydrogens (tertiary/aromatic N) is 6. The maximum atomic E-state index is 11.4. The van der Waals surface area contributed by atoms with Crippen molar-refractivity contribution in [2.45, 2.75) is 25.9 Å². The molecule has 3 N–H and O–H groups in total. The number of ether oxygens (including phenoxy) is 1. The van der Waals surface area contributed by atoms with Gasteiger partial charge in [-0.15, -0.1) is 11.3 Å². The van der Waals surface area contributed by atoms with E-state index in [1.54, 1.807) is 30.7 Å². The fraction of sp³-hybridized carbons (Fsp3) is 0.476. The Morgan fingerprint density at radius 2 is 2.03 bits per heavy atom. The number of carbonyl (C=O) groups excluding carboxylic acids is 1. The molecule has 3 aromatic heterocycles. The van der Waals surface area contributed by atoms with Gasteiger partial charge in [-0.3, -0.25) is 9.69 Å². The van der Waals surface area contributed by atoms with Crippen LogP contribution in [0.15, 0.2) is 18.5 Å². The van der Waals surface area contributed by atoms with Crippen molar-refractivity contribution < 1.29 is 9.53 Å². The van der Waals surface area contributed by atoms with Crippen LogP contribution in [0, 0.1) is 0 Å². The number of fused-ring (bicyclic) bond motifs is 1. The third-order valence-electron chi connectivity index (χ3n) is 5.70. The van der Waals surface area contributed by atoms with E-state index in [1.807, 2.05) is 0 Å². The number of rotatable bonds is 5. The van der Waals surface area contributed by atoms with E-state index in [2.05, 4.69) is 31.2 Å². The third kappa shape index (κ3) is 4.50. The minimum Gasteiger partial charge on any atom is -0.378 e. The summed E-state index contributed by atoms with van der Waals surface area (Å²) in [4.78, 5) is 35.2. The minimum atomic E-state index is 0.0308. The molecule has 168 valence electrons. The van der Waals surface area contributed by atoms with Crippen LogP contribution in [-0.4, -0.2) is 76.2 Å². The van der Waals surface area contributed by atoms with Gasteiger partial charge in [0.05, 0.1) is 29.0 Å². The minimum absolute atomic E-state index is 0.0308. The van der Waals surface area contributed by atoms with Gasteiger partial charge in [0.25, 0.3) is 0 Å². The second-order valence-electron chi connectivity index (χ2n) is 8.15. The number of carbonyl (C=O) groups is 1. The number of nitrogens with one attached hydrogen (secondary N) is 1. The standard InChI is InChI=1S/C21H26N8O2S/c1-13(30)25-15-2-3-28(11-15)12-16-8-17-18(32-16)20(29-4-6-31-7-5-29)27-19(26-17)14-9-23-21(22)24-10-14/h8-10,15H,2-7,11-12H2,1H3,(H,25,30)(H2,22,23,24). The average Bonchev–Trinajstić information content (AvgIpc) is 3.40. The highest BCUT2D eigenvalue weighted by Gasteiger charge is 2.25. The Labute approximate surface area is 189 Å². The maximum absolute atomic E-state index is 11.4. The molecule has 2 aliphatic heterocycles. The first-order valence-electron chi connectivity index (χ1n) is 10.8. The zero-order valence-corrected chi connectivity index (χ0v) is 18.8. The fourth-order valence-electron chi connectivity index (χ4n) is 4.22. The molecule has 0 aliphatic carbocycles. The largest absolute Gasteiger partial charge is 0.378 e. The maximum Gasteiger partial charge on any atom is 0.219 e. The molecule has 5 heterocycles. The molecule has 0 radical (unpaired) electrons. The average molecular weight is 455 g/mol. The quantitative estimate of drug-likeness (QED) is 0.587. The van der Waals surface area contributed by atoms with Crippen LogP contribution in [0.25, 0.3) is 21.6 Å². The van der Waals surface area contributed by atoms with Crippen LogP contribution in [0.2, 0.25) is 0 Å². The third-order valence-corrected chi connectivity index (χ3v) is 6.81. The fourth-order valence-corrected chi connectivity index (χ4v) is 5.37.